The first kappa shape index (κ1) is 27.6. The lowest BCUT2D eigenvalue weighted by Gasteiger charge is -2.30. The van der Waals surface area contributed by atoms with Crippen LogP contribution in [0, 0.1) is 5.92 Å². The average molecular weight is 545 g/mol. The Morgan fingerprint density at radius 1 is 1.21 bits per heavy atom. The number of halogens is 2. The van der Waals surface area contributed by atoms with Gasteiger partial charge in [0.05, 0.1) is 15.6 Å². The van der Waals surface area contributed by atoms with Gasteiger partial charge in [0.15, 0.2) is 5.13 Å². The number of rotatable bonds is 8. The fraction of sp³-hybridized carbons (Fsp3) is 0.583. The minimum atomic E-state index is -0.266. The number of carbonyl (C=O) groups is 1. The van der Waals surface area contributed by atoms with E-state index in [2.05, 4.69) is 29.0 Å². The molecule has 0 atom stereocenters. The number of nitrogens with two attached hydrogens (primary N) is 2. The highest BCUT2D eigenvalue weighted by molar-refractivity contribution is 7.97. The van der Waals surface area contributed by atoms with E-state index in [0.717, 1.165) is 49.7 Å². The van der Waals surface area contributed by atoms with Crippen LogP contribution in [0.3, 0.4) is 0 Å². The highest BCUT2D eigenvalue weighted by Crippen LogP contribution is 2.35. The molecule has 0 bridgehead atoms. The number of hydrogen-bond acceptors (Lipinski definition) is 8. The Kier molecular flexibility index (Phi) is 10.8. The van der Waals surface area contributed by atoms with E-state index in [1.54, 1.807) is 0 Å². The quantitative estimate of drug-likeness (QED) is 0.259. The van der Waals surface area contributed by atoms with Crippen molar-refractivity contribution in [1.29, 1.82) is 0 Å². The van der Waals surface area contributed by atoms with Crippen molar-refractivity contribution in [2.24, 2.45) is 11.1 Å². The Bertz CT molecular complexity index is 936. The van der Waals surface area contributed by atoms with E-state index in [4.69, 9.17) is 34.1 Å². The number of ketones is 1. The molecule has 2 heterocycles. The third kappa shape index (κ3) is 7.73. The second kappa shape index (κ2) is 13.3. The van der Waals surface area contributed by atoms with Crippen molar-refractivity contribution in [2.75, 3.05) is 29.9 Å². The Morgan fingerprint density at radius 3 is 2.35 bits per heavy atom. The number of aromatic nitrogens is 1. The number of nitrogens with one attached hydrogen (secondary N) is 1. The number of anilines is 2. The zero-order valence-corrected chi connectivity index (χ0v) is 23.1. The minimum absolute atomic E-state index is 0.227. The van der Waals surface area contributed by atoms with Crippen LogP contribution in [0.4, 0.5) is 10.9 Å². The average Bonchev–Trinajstić information content (AvgIpc) is 3.11. The van der Waals surface area contributed by atoms with Crippen LogP contribution in [0.25, 0.3) is 0 Å². The predicted octanol–water partition coefficient (Wildman–Crippen LogP) is 6.46. The standard InChI is InChI=1S/C20H24Cl2N4OS.C4H11NS/c21-14-9-12(11-26-7-4-8-26)10-15(22)16(14)17(27)18-19(23)25-20(28-18)24-13-5-2-1-3-6-13;1-4(2)3-6-5/h9-10,13H,1-8,11,23H2,(H,24,25);4H,3,5H2,1-2H3. The first-order valence-corrected chi connectivity index (χ1v) is 14.5. The molecule has 188 valence electrons. The summed E-state index contributed by atoms with van der Waals surface area (Å²) in [5, 5.41) is 9.99. The number of nitrogen functional groups attached to an aromatic ring is 1. The van der Waals surface area contributed by atoms with E-state index in [1.807, 2.05) is 12.1 Å². The molecule has 6 nitrogen and oxygen atoms in total. The maximum absolute atomic E-state index is 13.1. The molecule has 1 aliphatic heterocycles. The number of carbonyl (C=O) groups excluding carboxylic acids is 1. The molecule has 1 aromatic heterocycles. The maximum Gasteiger partial charge on any atom is 0.209 e. The van der Waals surface area contributed by atoms with Gasteiger partial charge in [0, 0.05) is 18.3 Å². The number of hydrogen-bond donors (Lipinski definition) is 3. The van der Waals surface area contributed by atoms with Gasteiger partial charge < -0.3 is 11.1 Å². The van der Waals surface area contributed by atoms with Gasteiger partial charge in [0.25, 0.3) is 0 Å². The third-order valence-corrected chi connectivity index (χ3v) is 8.36. The summed E-state index contributed by atoms with van der Waals surface area (Å²) in [4.78, 5) is 20.2. The number of benzene rings is 1. The summed E-state index contributed by atoms with van der Waals surface area (Å²) < 4.78 is 0. The molecule has 34 heavy (non-hydrogen) atoms. The first-order chi connectivity index (χ1) is 16.3. The molecule has 0 radical (unpaired) electrons. The van der Waals surface area contributed by atoms with Crippen molar-refractivity contribution < 1.29 is 4.79 Å². The fourth-order valence-electron chi connectivity index (χ4n) is 4.02. The van der Waals surface area contributed by atoms with Gasteiger partial charge in [-0.2, -0.15) is 0 Å². The molecule has 1 aromatic carbocycles. The fourth-order valence-corrected chi connectivity index (χ4v) is 6.01. The maximum atomic E-state index is 13.1. The van der Waals surface area contributed by atoms with Crippen molar-refractivity contribution in [3.8, 4) is 0 Å². The summed E-state index contributed by atoms with van der Waals surface area (Å²) in [5.41, 5.74) is 7.37. The van der Waals surface area contributed by atoms with E-state index in [9.17, 15) is 4.79 Å². The van der Waals surface area contributed by atoms with Crippen LogP contribution in [0.1, 0.15) is 73.2 Å². The van der Waals surface area contributed by atoms with Gasteiger partial charge in [-0.25, -0.2) is 4.98 Å². The summed E-state index contributed by atoms with van der Waals surface area (Å²) in [6, 6.07) is 4.06. The second-order valence-corrected chi connectivity index (χ2v) is 11.8. The zero-order chi connectivity index (χ0) is 24.7. The summed E-state index contributed by atoms with van der Waals surface area (Å²) in [6.45, 7) is 7.28. The molecule has 5 N–H and O–H groups in total. The first-order valence-electron chi connectivity index (χ1n) is 11.9. The van der Waals surface area contributed by atoms with Gasteiger partial charge in [-0.1, -0.05) is 79.6 Å². The van der Waals surface area contributed by atoms with Crippen molar-refractivity contribution in [2.45, 2.75) is 65.0 Å². The van der Waals surface area contributed by atoms with Gasteiger partial charge in [-0.3, -0.25) is 14.8 Å². The Balaban J connectivity index is 0.000000481. The number of likely N-dealkylation sites (tertiary alicyclic amines) is 1. The van der Waals surface area contributed by atoms with Crippen molar-refractivity contribution in [3.05, 3.63) is 38.2 Å². The Morgan fingerprint density at radius 2 is 1.85 bits per heavy atom. The molecule has 1 aliphatic carbocycles. The summed E-state index contributed by atoms with van der Waals surface area (Å²) in [6.07, 6.45) is 7.20. The molecular formula is C24H35Cl2N5OS2. The Labute approximate surface area is 221 Å². The van der Waals surface area contributed by atoms with E-state index in [0.29, 0.717) is 31.7 Å². The Hall–Kier alpha value is -1.03. The lowest BCUT2D eigenvalue weighted by molar-refractivity contribution is 0.104. The SMILES string of the molecule is CC(C)CSN.Nc1nc(NC2CCCCC2)sc1C(=O)c1c(Cl)cc(CN2CCC2)cc1Cl. The van der Waals surface area contributed by atoms with E-state index >= 15 is 0 Å². The van der Waals surface area contributed by atoms with Crippen molar-refractivity contribution in [3.63, 3.8) is 0 Å². The van der Waals surface area contributed by atoms with E-state index in [-0.39, 0.29) is 11.6 Å². The highest BCUT2D eigenvalue weighted by Gasteiger charge is 2.25. The molecule has 2 aromatic rings. The largest absolute Gasteiger partial charge is 0.382 e. The number of thiazole rings is 1. The van der Waals surface area contributed by atoms with Gasteiger partial charge in [0.2, 0.25) is 5.78 Å². The van der Waals surface area contributed by atoms with Crippen LogP contribution >= 0.6 is 46.5 Å². The second-order valence-electron chi connectivity index (χ2n) is 9.33. The third-order valence-electron chi connectivity index (χ3n) is 5.91. The highest BCUT2D eigenvalue weighted by atomic mass is 35.5. The molecule has 4 rings (SSSR count). The molecule has 10 heteroatoms. The zero-order valence-electron chi connectivity index (χ0n) is 19.9. The van der Waals surface area contributed by atoms with Crippen molar-refractivity contribution in [1.82, 2.24) is 9.88 Å². The molecule has 0 spiro atoms. The monoisotopic (exact) mass is 543 g/mol. The van der Waals surface area contributed by atoms with E-state index in [1.165, 1.54) is 49.0 Å². The van der Waals surface area contributed by atoms with Crippen LogP contribution in [0.15, 0.2) is 12.1 Å². The number of nitrogens with zero attached hydrogens (tertiary/aromatic N) is 2. The molecular weight excluding hydrogens is 509 g/mol. The molecule has 2 aliphatic rings. The van der Waals surface area contributed by atoms with Crippen LogP contribution < -0.4 is 16.2 Å². The smallest absolute Gasteiger partial charge is 0.209 e. The van der Waals surface area contributed by atoms with Crippen LogP contribution in [0.2, 0.25) is 10.0 Å². The molecule has 0 unspecified atom stereocenters. The molecule has 0 amide bonds. The van der Waals surface area contributed by atoms with Crippen LogP contribution in [-0.4, -0.2) is 40.6 Å². The normalized spacial score (nSPS) is 16.6. The van der Waals surface area contributed by atoms with Crippen LogP contribution in [0.5, 0.6) is 0 Å². The molecule has 2 fully saturated rings. The summed E-state index contributed by atoms with van der Waals surface area (Å²) in [5.74, 6) is 1.77. The molecule has 1 saturated carbocycles. The lowest BCUT2D eigenvalue weighted by atomic mass is 9.96. The predicted molar refractivity (Wildman–Crippen MR) is 148 cm³/mol. The van der Waals surface area contributed by atoms with E-state index < -0.39 is 0 Å². The minimum Gasteiger partial charge on any atom is -0.382 e. The van der Waals surface area contributed by atoms with Gasteiger partial charge in [-0.05, 0) is 56.0 Å². The topological polar surface area (TPSA) is 97.3 Å². The van der Waals surface area contributed by atoms with Gasteiger partial charge in [-0.15, -0.1) is 0 Å². The summed E-state index contributed by atoms with van der Waals surface area (Å²) in [7, 11) is 0. The lowest BCUT2D eigenvalue weighted by Crippen LogP contribution is -2.36. The van der Waals surface area contributed by atoms with Crippen LogP contribution in [-0.2, 0) is 6.54 Å². The van der Waals surface area contributed by atoms with Gasteiger partial charge in [0.1, 0.15) is 10.7 Å². The summed E-state index contributed by atoms with van der Waals surface area (Å²) >= 11 is 15.6. The van der Waals surface area contributed by atoms with Gasteiger partial charge >= 0.3 is 0 Å². The molecule has 1 saturated heterocycles. The van der Waals surface area contributed by atoms with Crippen molar-refractivity contribution >= 4 is 63.2 Å².